The van der Waals surface area contributed by atoms with Crippen LogP contribution < -0.4 is 16.0 Å². The van der Waals surface area contributed by atoms with E-state index < -0.39 is 35.6 Å². The van der Waals surface area contributed by atoms with Gasteiger partial charge in [0.2, 0.25) is 5.91 Å². The van der Waals surface area contributed by atoms with Crippen molar-refractivity contribution in [3.63, 3.8) is 0 Å². The van der Waals surface area contributed by atoms with Crippen LogP contribution in [0.15, 0.2) is 54.9 Å². The molecule has 1 aromatic heterocycles. The van der Waals surface area contributed by atoms with E-state index in [9.17, 15) is 18.8 Å². The number of ether oxygens (including phenoxy) is 1. The van der Waals surface area contributed by atoms with Gasteiger partial charge in [0.15, 0.2) is 5.82 Å². The zero-order valence-electron chi connectivity index (χ0n) is 25.8. The number of imidazole rings is 1. The van der Waals surface area contributed by atoms with E-state index in [4.69, 9.17) is 11.6 Å². The second kappa shape index (κ2) is 13.7. The fourth-order valence-electron chi connectivity index (χ4n) is 5.70. The Morgan fingerprint density at radius 1 is 1.13 bits per heavy atom. The van der Waals surface area contributed by atoms with Gasteiger partial charge >= 0.3 is 6.09 Å². The fraction of sp³-hybridized carbons (Fsp3) is 0.294. The van der Waals surface area contributed by atoms with Gasteiger partial charge < -0.3 is 15.4 Å². The van der Waals surface area contributed by atoms with E-state index >= 15 is 4.39 Å². The molecule has 5 rings (SSSR count). The van der Waals surface area contributed by atoms with Crippen LogP contribution in [0.4, 0.5) is 25.0 Å². The number of aryl methyl sites for hydroxylation is 1. The van der Waals surface area contributed by atoms with Crippen molar-refractivity contribution in [2.75, 3.05) is 17.7 Å². The van der Waals surface area contributed by atoms with Crippen molar-refractivity contribution in [1.82, 2.24) is 14.9 Å². The van der Waals surface area contributed by atoms with Crippen LogP contribution in [0.5, 0.6) is 0 Å². The summed E-state index contributed by atoms with van der Waals surface area (Å²) >= 11 is 5.98. The number of benzene rings is 3. The van der Waals surface area contributed by atoms with Crippen LogP contribution in [0.1, 0.15) is 66.5 Å². The van der Waals surface area contributed by atoms with Crippen LogP contribution in [-0.2, 0) is 16.0 Å². The van der Waals surface area contributed by atoms with E-state index in [0.717, 1.165) is 11.1 Å². The van der Waals surface area contributed by atoms with E-state index in [-0.39, 0.29) is 27.9 Å². The van der Waals surface area contributed by atoms with Crippen LogP contribution in [0.2, 0.25) is 5.02 Å². The predicted octanol–water partition coefficient (Wildman–Crippen LogP) is 7.75. The number of hydrogen-bond acceptors (Lipinski definition) is 5. The van der Waals surface area contributed by atoms with Crippen LogP contribution in [0, 0.1) is 24.5 Å². The van der Waals surface area contributed by atoms with Crippen LogP contribution in [0.3, 0.4) is 0 Å². The summed E-state index contributed by atoms with van der Waals surface area (Å²) in [6, 6.07) is 12.0. The number of halogens is 3. The number of fused-ring (bicyclic) bond motifs is 4. The Kier molecular flexibility index (Phi) is 9.71. The molecule has 3 aromatic carbocycles. The maximum absolute atomic E-state index is 15.8. The van der Waals surface area contributed by atoms with Gasteiger partial charge in [-0.25, -0.2) is 18.6 Å². The number of nitrogens with zero attached hydrogens (tertiary/aromatic N) is 2. The molecular formula is C34H34ClF2N5O4. The molecule has 2 bridgehead atoms. The summed E-state index contributed by atoms with van der Waals surface area (Å²) in [5, 5.41) is 8.52. The van der Waals surface area contributed by atoms with E-state index in [0.29, 0.717) is 48.3 Å². The van der Waals surface area contributed by atoms with Crippen LogP contribution >= 0.6 is 11.6 Å². The summed E-state index contributed by atoms with van der Waals surface area (Å²) in [4.78, 5) is 43.1. The number of hydrogen-bond donors (Lipinski definition) is 3. The normalized spacial score (nSPS) is 16.4. The minimum absolute atomic E-state index is 0.0514. The highest BCUT2D eigenvalue weighted by Gasteiger charge is 2.27. The number of aromatic nitrogens is 2. The van der Waals surface area contributed by atoms with E-state index in [1.807, 2.05) is 6.92 Å². The molecule has 0 aliphatic carbocycles. The molecule has 2 heterocycles. The quantitative estimate of drug-likeness (QED) is 0.205. The van der Waals surface area contributed by atoms with Crippen molar-refractivity contribution in [1.29, 1.82) is 0 Å². The molecule has 3 amide bonds. The van der Waals surface area contributed by atoms with Gasteiger partial charge in [-0.05, 0) is 73.7 Å². The molecule has 0 saturated carbocycles. The molecular weight excluding hydrogens is 616 g/mol. The molecule has 2 atom stereocenters. The first-order valence-electron chi connectivity index (χ1n) is 14.9. The lowest BCUT2D eigenvalue weighted by molar-refractivity contribution is -0.119. The van der Waals surface area contributed by atoms with Gasteiger partial charge in [-0.3, -0.25) is 19.5 Å². The zero-order chi connectivity index (χ0) is 33.1. The number of amides is 3. The standard InChI is InChI=1S/C34H34ClF2N5O4/c1-5-20-14-26(36)24-16-23(20)27(40-33(44)31-19(3)42(17-38-31)29-11-7-9-25(35)30(29)37)10-6-8-18(2)32(43)41-28-15-21(12-13-22(24)28)39-34(45)46-4/h7,9,11-18,27H,5-6,8,10H2,1-4H3,(H,39,45)(H,40,44)(H,41,43). The number of anilines is 2. The second-order valence-corrected chi connectivity index (χ2v) is 11.6. The van der Waals surface area contributed by atoms with Crippen molar-refractivity contribution in [3.8, 4) is 16.8 Å². The van der Waals surface area contributed by atoms with Crippen molar-refractivity contribution in [3.05, 3.63) is 94.0 Å². The molecule has 3 N–H and O–H groups in total. The summed E-state index contributed by atoms with van der Waals surface area (Å²) in [5.74, 6) is -2.28. The molecule has 240 valence electrons. The molecule has 12 heteroatoms. The highest BCUT2D eigenvalue weighted by molar-refractivity contribution is 6.30. The van der Waals surface area contributed by atoms with E-state index in [2.05, 4.69) is 25.7 Å². The molecule has 46 heavy (non-hydrogen) atoms. The third kappa shape index (κ3) is 6.60. The zero-order valence-corrected chi connectivity index (χ0v) is 26.6. The monoisotopic (exact) mass is 649 g/mol. The number of carbonyl (C=O) groups is 3. The number of carbonyl (C=O) groups excluding carboxylic acids is 3. The third-order valence-electron chi connectivity index (χ3n) is 8.28. The molecule has 0 spiro atoms. The van der Waals surface area contributed by atoms with Crippen LogP contribution in [0.25, 0.3) is 16.8 Å². The molecule has 0 saturated heterocycles. The second-order valence-electron chi connectivity index (χ2n) is 11.2. The summed E-state index contributed by atoms with van der Waals surface area (Å²) in [5.41, 5.74) is 3.42. The third-order valence-corrected chi connectivity index (χ3v) is 8.57. The SMILES string of the molecule is CCc1cc(F)c2cc1C(NC(=O)c1ncn(-c3cccc(Cl)c3F)c1C)CCCC(C)C(=O)Nc1cc(NC(=O)OC)ccc1-2. The van der Waals surface area contributed by atoms with E-state index in [1.165, 1.54) is 30.1 Å². The van der Waals surface area contributed by atoms with Crippen molar-refractivity contribution in [2.45, 2.75) is 52.5 Å². The highest BCUT2D eigenvalue weighted by atomic mass is 35.5. The maximum atomic E-state index is 15.8. The Hall–Kier alpha value is -4.77. The lowest BCUT2D eigenvalue weighted by atomic mass is 9.88. The highest BCUT2D eigenvalue weighted by Crippen LogP contribution is 2.38. The fourth-order valence-corrected chi connectivity index (χ4v) is 5.87. The largest absolute Gasteiger partial charge is 0.453 e. The minimum atomic E-state index is -0.690. The Labute approximate surface area is 270 Å². The average Bonchev–Trinajstić information content (AvgIpc) is 3.42. The van der Waals surface area contributed by atoms with Crippen molar-refractivity contribution < 1.29 is 27.9 Å². The molecule has 2 unspecified atom stereocenters. The summed E-state index contributed by atoms with van der Waals surface area (Å²) in [6.07, 6.45) is 2.75. The van der Waals surface area contributed by atoms with E-state index in [1.54, 1.807) is 50.2 Å². The summed E-state index contributed by atoms with van der Waals surface area (Å²) in [7, 11) is 1.24. The number of methoxy groups -OCH3 is 1. The topological polar surface area (TPSA) is 114 Å². The molecule has 0 radical (unpaired) electrons. The molecule has 1 aliphatic heterocycles. The first-order valence-corrected chi connectivity index (χ1v) is 15.3. The average molecular weight is 650 g/mol. The lowest BCUT2D eigenvalue weighted by Gasteiger charge is -2.25. The Morgan fingerprint density at radius 3 is 2.65 bits per heavy atom. The summed E-state index contributed by atoms with van der Waals surface area (Å²) in [6.45, 7) is 5.37. The van der Waals surface area contributed by atoms with Gasteiger partial charge in [0, 0.05) is 22.7 Å². The van der Waals surface area contributed by atoms with Crippen LogP contribution in [-0.4, -0.2) is 34.6 Å². The smallest absolute Gasteiger partial charge is 0.411 e. The molecule has 0 fully saturated rings. The first-order chi connectivity index (χ1) is 22.0. The van der Waals surface area contributed by atoms with Crippen molar-refractivity contribution in [2.24, 2.45) is 5.92 Å². The Morgan fingerprint density at radius 2 is 1.91 bits per heavy atom. The lowest BCUT2D eigenvalue weighted by Crippen LogP contribution is -2.31. The Balaban J connectivity index is 1.57. The number of rotatable bonds is 5. The first kappa shape index (κ1) is 32.6. The van der Waals surface area contributed by atoms with Gasteiger partial charge in [0.25, 0.3) is 5.91 Å². The van der Waals surface area contributed by atoms with Gasteiger partial charge in [0.1, 0.15) is 17.8 Å². The molecule has 4 aromatic rings. The molecule has 1 aliphatic rings. The minimum Gasteiger partial charge on any atom is -0.453 e. The number of nitrogens with one attached hydrogen (secondary N) is 3. The Bertz CT molecular complexity index is 1830. The van der Waals surface area contributed by atoms with Gasteiger partial charge in [0.05, 0.1) is 35.2 Å². The molecule has 9 nitrogen and oxygen atoms in total. The van der Waals surface area contributed by atoms with Gasteiger partial charge in [-0.15, -0.1) is 0 Å². The van der Waals surface area contributed by atoms with Gasteiger partial charge in [-0.1, -0.05) is 44.0 Å². The van der Waals surface area contributed by atoms with Gasteiger partial charge in [-0.2, -0.15) is 0 Å². The predicted molar refractivity (Wildman–Crippen MR) is 172 cm³/mol. The van der Waals surface area contributed by atoms with Crippen molar-refractivity contribution >= 4 is 40.9 Å². The summed E-state index contributed by atoms with van der Waals surface area (Å²) < 4.78 is 36.7. The maximum Gasteiger partial charge on any atom is 0.411 e.